The number of hydrogen-bond acceptors (Lipinski definition) is 4. The number of nitrogens with zero attached hydrogens (tertiary/aromatic N) is 3. The van der Waals surface area contributed by atoms with Crippen LogP contribution >= 0.6 is 0 Å². The van der Waals surface area contributed by atoms with Gasteiger partial charge in [0.15, 0.2) is 0 Å². The summed E-state index contributed by atoms with van der Waals surface area (Å²) in [6.45, 7) is 3.46. The molecule has 0 bridgehead atoms. The Kier molecular flexibility index (Phi) is 3.67. The van der Waals surface area contributed by atoms with Crippen molar-refractivity contribution >= 4 is 6.21 Å². The molecule has 2 rings (SSSR count). The molecular weight excluding hydrogens is 254 g/mol. The normalized spacial score (nSPS) is 10.7. The Morgan fingerprint density at radius 2 is 2.10 bits per heavy atom. The van der Waals surface area contributed by atoms with Crippen LogP contribution in [-0.4, -0.2) is 16.0 Å². The molecule has 0 fully saturated rings. The Morgan fingerprint density at radius 1 is 1.35 bits per heavy atom. The van der Waals surface area contributed by atoms with Crippen molar-refractivity contribution in [2.75, 3.05) is 0 Å². The van der Waals surface area contributed by atoms with Crippen LogP contribution in [0, 0.1) is 25.2 Å². The van der Waals surface area contributed by atoms with Crippen LogP contribution in [-0.2, 0) is 0 Å². The Labute approximate surface area is 116 Å². The molecule has 0 unspecified atom stereocenters. The first kappa shape index (κ1) is 13.6. The lowest BCUT2D eigenvalue weighted by atomic mass is 10.1. The monoisotopic (exact) mass is 267 g/mol. The van der Waals surface area contributed by atoms with Gasteiger partial charge in [-0.25, -0.2) is 4.68 Å². The van der Waals surface area contributed by atoms with E-state index in [4.69, 9.17) is 5.26 Å². The van der Waals surface area contributed by atoms with E-state index in [1.807, 2.05) is 6.07 Å². The fraction of sp³-hybridized carbons (Fsp3) is 0.133. The molecule has 0 aliphatic heterocycles. The van der Waals surface area contributed by atoms with Gasteiger partial charge >= 0.3 is 0 Å². The van der Waals surface area contributed by atoms with Gasteiger partial charge in [-0.1, -0.05) is 12.1 Å². The van der Waals surface area contributed by atoms with Crippen molar-refractivity contribution in [1.82, 2.24) is 4.68 Å². The summed E-state index contributed by atoms with van der Waals surface area (Å²) in [6, 6.07) is 10.1. The summed E-state index contributed by atoms with van der Waals surface area (Å²) >= 11 is 0. The third-order valence-electron chi connectivity index (χ3n) is 2.86. The molecule has 0 spiro atoms. The quantitative estimate of drug-likeness (QED) is 0.844. The van der Waals surface area contributed by atoms with Crippen LogP contribution in [0.4, 0.5) is 0 Å². The van der Waals surface area contributed by atoms with Gasteiger partial charge in [-0.15, -0.1) is 0 Å². The van der Waals surface area contributed by atoms with E-state index in [1.54, 1.807) is 38.1 Å². The minimum atomic E-state index is -0.443. The lowest BCUT2D eigenvalue weighted by Gasteiger charge is -2.06. The van der Waals surface area contributed by atoms with Crippen LogP contribution in [0.15, 0.2) is 40.2 Å². The van der Waals surface area contributed by atoms with Gasteiger partial charge in [0.05, 0.1) is 6.21 Å². The molecule has 5 heteroatoms. The van der Waals surface area contributed by atoms with Gasteiger partial charge in [-0.05, 0) is 43.2 Å². The molecule has 1 aromatic carbocycles. The van der Waals surface area contributed by atoms with Gasteiger partial charge in [0, 0.05) is 5.69 Å². The van der Waals surface area contributed by atoms with Crippen LogP contribution < -0.4 is 5.56 Å². The van der Waals surface area contributed by atoms with Gasteiger partial charge in [0.25, 0.3) is 5.56 Å². The Hall–Kier alpha value is -2.87. The van der Waals surface area contributed by atoms with Crippen LogP contribution in [0.1, 0.15) is 22.4 Å². The molecule has 2 aromatic rings. The van der Waals surface area contributed by atoms with Gasteiger partial charge in [0.2, 0.25) is 0 Å². The fourth-order valence-corrected chi connectivity index (χ4v) is 1.89. The highest BCUT2D eigenvalue weighted by molar-refractivity contribution is 5.80. The van der Waals surface area contributed by atoms with E-state index in [1.165, 1.54) is 17.0 Å². The standard InChI is InChI=1S/C15H13N3O2/c1-10-6-11(2)18(15(20)14(10)8-16)17-9-12-4-3-5-13(19)7-12/h3-7,9,19H,1-2H3/b17-9-. The summed E-state index contributed by atoms with van der Waals surface area (Å²) < 4.78 is 1.18. The van der Waals surface area contributed by atoms with Crippen molar-refractivity contribution in [3.05, 3.63) is 63.1 Å². The lowest BCUT2D eigenvalue weighted by molar-refractivity contribution is 0.475. The second-order valence-corrected chi connectivity index (χ2v) is 4.41. The van der Waals surface area contributed by atoms with Crippen molar-refractivity contribution in [2.24, 2.45) is 5.10 Å². The second-order valence-electron chi connectivity index (χ2n) is 4.41. The summed E-state index contributed by atoms with van der Waals surface area (Å²) in [4.78, 5) is 12.1. The summed E-state index contributed by atoms with van der Waals surface area (Å²) in [6.07, 6.45) is 1.46. The smallest absolute Gasteiger partial charge is 0.289 e. The lowest BCUT2D eigenvalue weighted by Crippen LogP contribution is -2.22. The molecule has 0 atom stereocenters. The van der Waals surface area contributed by atoms with Crippen molar-refractivity contribution in [2.45, 2.75) is 13.8 Å². The number of aromatic hydroxyl groups is 1. The molecule has 1 aromatic heterocycles. The zero-order valence-electron chi connectivity index (χ0n) is 11.2. The van der Waals surface area contributed by atoms with Gasteiger partial charge in [0.1, 0.15) is 17.4 Å². The first-order valence-corrected chi connectivity index (χ1v) is 5.99. The first-order chi connectivity index (χ1) is 9.52. The van der Waals surface area contributed by atoms with Crippen LogP contribution in [0.5, 0.6) is 5.75 Å². The molecule has 0 saturated heterocycles. The van der Waals surface area contributed by atoms with Crippen molar-refractivity contribution in [3.63, 3.8) is 0 Å². The van der Waals surface area contributed by atoms with Gasteiger partial charge in [-0.3, -0.25) is 4.79 Å². The summed E-state index contributed by atoms with van der Waals surface area (Å²) in [5.41, 5.74) is 1.59. The Morgan fingerprint density at radius 3 is 2.75 bits per heavy atom. The summed E-state index contributed by atoms with van der Waals surface area (Å²) in [5, 5.41) is 22.4. The fourth-order valence-electron chi connectivity index (χ4n) is 1.89. The topological polar surface area (TPSA) is 78.4 Å². The molecule has 100 valence electrons. The van der Waals surface area contributed by atoms with Crippen LogP contribution in [0.3, 0.4) is 0 Å². The van der Waals surface area contributed by atoms with E-state index < -0.39 is 5.56 Å². The molecule has 1 N–H and O–H groups in total. The van der Waals surface area contributed by atoms with Crippen molar-refractivity contribution in [1.29, 1.82) is 5.26 Å². The third-order valence-corrected chi connectivity index (χ3v) is 2.86. The summed E-state index contributed by atoms with van der Waals surface area (Å²) in [5.74, 6) is 0.125. The van der Waals surface area contributed by atoms with E-state index in [9.17, 15) is 9.90 Å². The Bertz CT molecular complexity index is 783. The van der Waals surface area contributed by atoms with E-state index >= 15 is 0 Å². The zero-order chi connectivity index (χ0) is 14.7. The number of phenolic OH excluding ortho intramolecular Hbond substituents is 1. The number of phenols is 1. The predicted octanol–water partition coefficient (Wildman–Crippen LogP) is 1.92. The van der Waals surface area contributed by atoms with E-state index in [0.717, 1.165) is 0 Å². The van der Waals surface area contributed by atoms with Crippen molar-refractivity contribution in [3.8, 4) is 11.8 Å². The number of aromatic nitrogens is 1. The highest BCUT2D eigenvalue weighted by Gasteiger charge is 2.08. The highest BCUT2D eigenvalue weighted by Crippen LogP contribution is 2.09. The summed E-state index contributed by atoms with van der Waals surface area (Å²) in [7, 11) is 0. The maximum atomic E-state index is 12.1. The minimum Gasteiger partial charge on any atom is -0.508 e. The van der Waals surface area contributed by atoms with Gasteiger partial charge in [-0.2, -0.15) is 10.4 Å². The van der Waals surface area contributed by atoms with E-state index in [-0.39, 0.29) is 11.3 Å². The number of hydrogen-bond donors (Lipinski definition) is 1. The SMILES string of the molecule is Cc1cc(C)n(/N=C\c2cccc(O)c2)c(=O)c1C#N. The zero-order valence-corrected chi connectivity index (χ0v) is 11.2. The molecule has 0 aliphatic carbocycles. The average molecular weight is 267 g/mol. The van der Waals surface area contributed by atoms with Crippen molar-refractivity contribution < 1.29 is 5.11 Å². The molecule has 0 amide bonds. The predicted molar refractivity (Wildman–Crippen MR) is 76.0 cm³/mol. The highest BCUT2D eigenvalue weighted by atomic mass is 16.3. The largest absolute Gasteiger partial charge is 0.508 e. The Balaban J connectivity index is 2.50. The van der Waals surface area contributed by atoms with Crippen LogP contribution in [0.25, 0.3) is 0 Å². The number of benzene rings is 1. The van der Waals surface area contributed by atoms with E-state index in [0.29, 0.717) is 16.8 Å². The number of pyridine rings is 1. The van der Waals surface area contributed by atoms with Crippen LogP contribution in [0.2, 0.25) is 0 Å². The number of nitriles is 1. The molecule has 0 saturated carbocycles. The second kappa shape index (κ2) is 5.41. The number of aryl methyl sites for hydroxylation is 2. The molecule has 20 heavy (non-hydrogen) atoms. The third kappa shape index (κ3) is 2.59. The number of rotatable bonds is 2. The molecular formula is C15H13N3O2. The maximum Gasteiger partial charge on any atom is 0.289 e. The first-order valence-electron chi connectivity index (χ1n) is 5.99. The average Bonchev–Trinajstić information content (AvgIpc) is 2.38. The van der Waals surface area contributed by atoms with E-state index in [2.05, 4.69) is 5.10 Å². The minimum absolute atomic E-state index is 0.0867. The maximum absolute atomic E-state index is 12.1. The molecule has 1 heterocycles. The molecule has 0 aliphatic rings. The molecule has 5 nitrogen and oxygen atoms in total. The molecule has 0 radical (unpaired) electrons. The van der Waals surface area contributed by atoms with Gasteiger partial charge < -0.3 is 5.11 Å².